The fourth-order valence-electron chi connectivity index (χ4n) is 1.52. The Morgan fingerprint density at radius 3 is 2.25 bits per heavy atom. The van der Waals surface area contributed by atoms with E-state index in [9.17, 15) is 9.59 Å². The lowest BCUT2D eigenvalue weighted by Crippen LogP contribution is -2.05. The van der Waals surface area contributed by atoms with Crippen LogP contribution in [0.2, 0.25) is 6.04 Å². The van der Waals surface area contributed by atoms with Crippen LogP contribution in [0, 0.1) is 0 Å². The molecule has 0 bridgehead atoms. The molecular weight excluding hydrogens is 276 g/mol. The van der Waals surface area contributed by atoms with Crippen LogP contribution in [0.3, 0.4) is 0 Å². The Bertz CT molecular complexity index is 298. The molecule has 7 heteroatoms. The number of carbonyl (C=O) groups is 2. The molecule has 0 fully saturated rings. The van der Waals surface area contributed by atoms with Gasteiger partial charge in [-0.1, -0.05) is 62.6 Å². The van der Waals surface area contributed by atoms with Crippen LogP contribution in [0.15, 0.2) is 10.2 Å². The Morgan fingerprint density at radius 2 is 1.55 bits per heavy atom. The van der Waals surface area contributed by atoms with Crippen LogP contribution in [-0.2, 0) is 9.16 Å². The summed E-state index contributed by atoms with van der Waals surface area (Å²) in [4.78, 5) is 22.2. The Kier molecular flexibility index (Phi) is 13.3. The van der Waals surface area contributed by atoms with Crippen LogP contribution in [-0.4, -0.2) is 28.6 Å². The lowest BCUT2D eigenvalue weighted by Gasteiger charge is -2.01. The molecule has 0 spiro atoms. The molecule has 0 aromatic carbocycles. The van der Waals surface area contributed by atoms with Gasteiger partial charge in [0.1, 0.15) is 0 Å². The van der Waals surface area contributed by atoms with Crippen LogP contribution in [0.1, 0.15) is 58.8 Å². The minimum Gasteiger partial charge on any atom is -0.507 e. The molecule has 0 N–H and O–H groups in total. The smallest absolute Gasteiger partial charge is 0.452 e. The zero-order chi connectivity index (χ0) is 15.1. The standard InChI is InChI=1S/C13H26N2O4Si/c1-3-5-7-8-9-10-18-12(16)14-15-13(17)19-20-11-6-4-2/h3-11,20H2,1-2H3. The zero-order valence-corrected chi connectivity index (χ0v) is 14.0. The number of amides is 2. The van der Waals surface area contributed by atoms with Crippen LogP contribution in [0.5, 0.6) is 0 Å². The largest absolute Gasteiger partial charge is 0.507 e. The minimum atomic E-state index is -0.875. The third kappa shape index (κ3) is 13.2. The van der Waals surface area contributed by atoms with Gasteiger partial charge in [0, 0.05) is 0 Å². The molecule has 0 heterocycles. The van der Waals surface area contributed by atoms with E-state index in [2.05, 4.69) is 24.1 Å². The summed E-state index contributed by atoms with van der Waals surface area (Å²) in [5.74, 6) is 0. The summed E-state index contributed by atoms with van der Waals surface area (Å²) in [6.07, 6.45) is 5.88. The van der Waals surface area contributed by atoms with Crippen molar-refractivity contribution < 1.29 is 18.8 Å². The number of hydrogen-bond donors (Lipinski definition) is 0. The molecule has 0 aliphatic rings. The van der Waals surface area contributed by atoms with Crippen LogP contribution in [0.4, 0.5) is 9.59 Å². The van der Waals surface area contributed by atoms with Gasteiger partial charge in [-0.25, -0.2) is 9.59 Å². The van der Waals surface area contributed by atoms with Crippen molar-refractivity contribution in [3.8, 4) is 0 Å². The van der Waals surface area contributed by atoms with Gasteiger partial charge < -0.3 is 9.16 Å². The van der Waals surface area contributed by atoms with Gasteiger partial charge in [0.2, 0.25) is 9.76 Å². The molecule has 0 rings (SSSR count). The molecule has 20 heavy (non-hydrogen) atoms. The van der Waals surface area contributed by atoms with E-state index in [-0.39, 0.29) is 0 Å². The minimum absolute atomic E-state index is 0.321. The van der Waals surface area contributed by atoms with E-state index >= 15 is 0 Å². The molecule has 2 amide bonds. The highest BCUT2D eigenvalue weighted by molar-refractivity contribution is 6.30. The molecule has 0 saturated carbocycles. The van der Waals surface area contributed by atoms with Crippen LogP contribution < -0.4 is 0 Å². The van der Waals surface area contributed by atoms with E-state index in [4.69, 9.17) is 9.16 Å². The molecular formula is C13H26N2O4Si. The van der Waals surface area contributed by atoms with Gasteiger partial charge in [-0.2, -0.15) is 0 Å². The number of nitrogens with zero attached hydrogens (tertiary/aromatic N) is 2. The van der Waals surface area contributed by atoms with Gasteiger partial charge in [0.15, 0.2) is 0 Å². The monoisotopic (exact) mass is 302 g/mol. The molecule has 0 radical (unpaired) electrons. The van der Waals surface area contributed by atoms with E-state index in [0.717, 1.165) is 38.1 Å². The number of carbonyl (C=O) groups excluding carboxylic acids is 2. The van der Waals surface area contributed by atoms with Gasteiger partial charge in [-0.15, -0.1) is 0 Å². The van der Waals surface area contributed by atoms with E-state index in [1.54, 1.807) is 0 Å². The normalized spacial score (nSPS) is 11.3. The van der Waals surface area contributed by atoms with Crippen LogP contribution in [0.25, 0.3) is 0 Å². The summed E-state index contributed by atoms with van der Waals surface area (Å²) < 4.78 is 9.72. The van der Waals surface area contributed by atoms with Crippen molar-refractivity contribution in [1.29, 1.82) is 0 Å². The van der Waals surface area contributed by atoms with Crippen molar-refractivity contribution in [1.82, 2.24) is 0 Å². The highest BCUT2D eigenvalue weighted by Gasteiger charge is 2.03. The Balaban J connectivity index is 3.53. The van der Waals surface area contributed by atoms with Crippen molar-refractivity contribution >= 4 is 21.9 Å². The average molecular weight is 302 g/mol. The number of azo groups is 1. The summed E-state index contributed by atoms with van der Waals surface area (Å²) in [5.41, 5.74) is 0. The second-order valence-electron chi connectivity index (χ2n) is 4.55. The molecule has 0 aliphatic carbocycles. The van der Waals surface area contributed by atoms with E-state index < -0.39 is 21.9 Å². The van der Waals surface area contributed by atoms with Gasteiger partial charge in [-0.3, -0.25) is 0 Å². The van der Waals surface area contributed by atoms with Gasteiger partial charge in [0.25, 0.3) is 0 Å². The van der Waals surface area contributed by atoms with Crippen molar-refractivity contribution in [2.24, 2.45) is 10.2 Å². The van der Waals surface area contributed by atoms with E-state index in [0.29, 0.717) is 6.61 Å². The summed E-state index contributed by atoms with van der Waals surface area (Å²) in [5, 5.41) is 6.34. The quantitative estimate of drug-likeness (QED) is 0.347. The third-order valence-electron chi connectivity index (χ3n) is 2.66. The second kappa shape index (κ2) is 14.2. The first-order valence-electron chi connectivity index (χ1n) is 7.46. The van der Waals surface area contributed by atoms with Crippen molar-refractivity contribution in [2.45, 2.75) is 64.8 Å². The Hall–Kier alpha value is -1.24. The third-order valence-corrected chi connectivity index (χ3v) is 3.90. The molecule has 0 aromatic heterocycles. The fraction of sp³-hybridized carbons (Fsp3) is 0.846. The first kappa shape index (κ1) is 18.8. The number of ether oxygens (including phenoxy) is 1. The van der Waals surface area contributed by atoms with Crippen molar-refractivity contribution in [3.05, 3.63) is 0 Å². The van der Waals surface area contributed by atoms with Crippen molar-refractivity contribution in [3.63, 3.8) is 0 Å². The highest BCUT2D eigenvalue weighted by Crippen LogP contribution is 2.03. The molecule has 0 atom stereocenters. The topological polar surface area (TPSA) is 77.3 Å². The van der Waals surface area contributed by atoms with Gasteiger partial charge in [0.05, 0.1) is 6.61 Å². The average Bonchev–Trinajstić information content (AvgIpc) is 2.45. The summed E-state index contributed by atoms with van der Waals surface area (Å²) in [7, 11) is -0.875. The lowest BCUT2D eigenvalue weighted by atomic mass is 10.2. The molecule has 116 valence electrons. The number of unbranched alkanes of at least 4 members (excludes halogenated alkanes) is 5. The predicted molar refractivity (Wildman–Crippen MR) is 79.7 cm³/mol. The Labute approximate surface area is 123 Å². The van der Waals surface area contributed by atoms with E-state index in [1.165, 1.54) is 12.8 Å². The molecule has 0 aliphatic heterocycles. The first-order valence-corrected chi connectivity index (χ1v) is 9.03. The summed E-state index contributed by atoms with van der Waals surface area (Å²) in [6.45, 7) is 4.54. The highest BCUT2D eigenvalue weighted by atomic mass is 28.2. The van der Waals surface area contributed by atoms with E-state index in [1.807, 2.05) is 0 Å². The predicted octanol–water partition coefficient (Wildman–Crippen LogP) is 3.98. The maximum absolute atomic E-state index is 11.1. The molecule has 0 aromatic rings. The van der Waals surface area contributed by atoms with Gasteiger partial charge >= 0.3 is 12.2 Å². The maximum atomic E-state index is 11.1. The Morgan fingerprint density at radius 1 is 0.900 bits per heavy atom. The maximum Gasteiger partial charge on any atom is 0.452 e. The first-order chi connectivity index (χ1) is 9.70. The van der Waals surface area contributed by atoms with Gasteiger partial charge in [-0.05, 0) is 12.5 Å². The lowest BCUT2D eigenvalue weighted by molar-refractivity contribution is 0.152. The SMILES string of the molecule is CCCCCCCOC(=O)N=NC(=O)O[SiH2]CCCC. The summed E-state index contributed by atoms with van der Waals surface area (Å²) in [6, 6.07) is 0.931. The summed E-state index contributed by atoms with van der Waals surface area (Å²) >= 11 is 0. The molecule has 0 saturated heterocycles. The van der Waals surface area contributed by atoms with Crippen LogP contribution >= 0.6 is 0 Å². The second-order valence-corrected chi connectivity index (χ2v) is 5.95. The zero-order valence-electron chi connectivity index (χ0n) is 12.6. The molecule has 0 unspecified atom stereocenters. The fourth-order valence-corrected chi connectivity index (χ4v) is 2.60. The van der Waals surface area contributed by atoms with Crippen molar-refractivity contribution in [2.75, 3.05) is 6.61 Å². The number of rotatable bonds is 10. The number of hydrogen-bond acceptors (Lipinski definition) is 4. The molecule has 6 nitrogen and oxygen atoms in total.